The number of carbonyl (C=O) groups is 1. The summed E-state index contributed by atoms with van der Waals surface area (Å²) in [6.07, 6.45) is 1.91. The zero-order chi connectivity index (χ0) is 20.9. The average Bonchev–Trinajstić information content (AvgIpc) is 2.61. The molecule has 0 heterocycles. The molecule has 0 aliphatic rings. The number of hydrogen-bond acceptors (Lipinski definition) is 3. The molecule has 1 unspecified atom stereocenters. The molecule has 0 saturated carbocycles. The number of hydrogen-bond donors (Lipinski definition) is 1. The van der Waals surface area contributed by atoms with Crippen molar-refractivity contribution in [3.05, 3.63) is 64.7 Å². The maximum atomic E-state index is 12.3. The number of rotatable bonds is 8. The van der Waals surface area contributed by atoms with Crippen molar-refractivity contribution in [2.24, 2.45) is 0 Å². The Morgan fingerprint density at radius 2 is 1.68 bits per heavy atom. The van der Waals surface area contributed by atoms with Gasteiger partial charge >= 0.3 is 0 Å². The molecule has 0 aliphatic heterocycles. The molecule has 0 saturated heterocycles. The first-order valence-corrected chi connectivity index (χ1v) is 11.3. The molecule has 0 bridgehead atoms. The van der Waals surface area contributed by atoms with Gasteiger partial charge in [0.1, 0.15) is 0 Å². The predicted octanol–water partition coefficient (Wildman–Crippen LogP) is 4.04. The van der Waals surface area contributed by atoms with Gasteiger partial charge in [-0.15, -0.1) is 0 Å². The lowest BCUT2D eigenvalue weighted by Crippen LogP contribution is -2.32. The fourth-order valence-corrected chi connectivity index (χ4v) is 3.98. The Bertz CT molecular complexity index is 921. The van der Waals surface area contributed by atoms with Gasteiger partial charge in [-0.1, -0.05) is 35.9 Å². The highest BCUT2D eigenvalue weighted by Crippen LogP contribution is 2.20. The molecular formula is C22H30N2O3S. The van der Waals surface area contributed by atoms with E-state index in [1.165, 1.54) is 21.7 Å². The topological polar surface area (TPSA) is 66.5 Å². The smallest absolute Gasteiger partial charge is 0.232 e. The van der Waals surface area contributed by atoms with Crippen LogP contribution < -0.4 is 9.62 Å². The summed E-state index contributed by atoms with van der Waals surface area (Å²) in [5, 5.41) is 3.00. The van der Waals surface area contributed by atoms with Crippen LogP contribution in [0.5, 0.6) is 0 Å². The molecule has 0 spiro atoms. The summed E-state index contributed by atoms with van der Waals surface area (Å²) in [6.45, 7) is 8.29. The van der Waals surface area contributed by atoms with Crippen molar-refractivity contribution in [1.29, 1.82) is 0 Å². The highest BCUT2D eigenvalue weighted by Gasteiger charge is 2.18. The minimum absolute atomic E-state index is 0.0805. The number of sulfonamides is 1. The van der Waals surface area contributed by atoms with E-state index in [9.17, 15) is 13.2 Å². The van der Waals surface area contributed by atoms with Crippen molar-refractivity contribution in [3.8, 4) is 0 Å². The van der Waals surface area contributed by atoms with Crippen LogP contribution in [0.2, 0.25) is 0 Å². The Morgan fingerprint density at radius 1 is 1.04 bits per heavy atom. The minimum atomic E-state index is -3.40. The van der Waals surface area contributed by atoms with Crippen molar-refractivity contribution >= 4 is 21.6 Å². The Morgan fingerprint density at radius 3 is 2.25 bits per heavy atom. The van der Waals surface area contributed by atoms with Gasteiger partial charge in [0, 0.05) is 13.0 Å². The second kappa shape index (κ2) is 9.24. The van der Waals surface area contributed by atoms with Crippen molar-refractivity contribution < 1.29 is 13.2 Å². The van der Waals surface area contributed by atoms with E-state index >= 15 is 0 Å². The number of benzene rings is 2. The number of nitrogens with zero attached hydrogens (tertiary/aromatic N) is 1. The van der Waals surface area contributed by atoms with Gasteiger partial charge in [-0.3, -0.25) is 9.10 Å². The molecule has 1 amide bonds. The maximum absolute atomic E-state index is 12.3. The van der Waals surface area contributed by atoms with Crippen LogP contribution in [0, 0.1) is 20.8 Å². The number of nitrogens with one attached hydrogen (secondary N) is 1. The first-order chi connectivity index (χ1) is 13.1. The lowest BCUT2D eigenvalue weighted by Gasteiger charge is -2.22. The Balaban J connectivity index is 1.93. The molecular weight excluding hydrogens is 372 g/mol. The van der Waals surface area contributed by atoms with E-state index in [1.807, 2.05) is 32.0 Å². The number of aryl methyl sites for hydroxylation is 3. The molecule has 6 heteroatoms. The first kappa shape index (κ1) is 22.0. The first-order valence-electron chi connectivity index (χ1n) is 9.49. The third kappa shape index (κ3) is 6.09. The standard InChI is InChI=1S/C22H30N2O3S/c1-16-8-12-21(13-9-16)24(28(5,26)27)14-6-7-22(25)23-19(4)20-11-10-17(2)18(3)15-20/h8-13,15,19H,6-7,14H2,1-5H3,(H,23,25). The summed E-state index contributed by atoms with van der Waals surface area (Å²) in [5.41, 5.74) is 5.17. The molecule has 0 aliphatic carbocycles. The van der Waals surface area contributed by atoms with Gasteiger partial charge in [0.2, 0.25) is 15.9 Å². The third-order valence-corrected chi connectivity index (χ3v) is 6.09. The average molecular weight is 403 g/mol. The number of anilines is 1. The van der Waals surface area contributed by atoms with Crippen LogP contribution in [-0.4, -0.2) is 27.1 Å². The highest BCUT2D eigenvalue weighted by molar-refractivity contribution is 7.92. The summed E-state index contributed by atoms with van der Waals surface area (Å²) >= 11 is 0. The van der Waals surface area contributed by atoms with Crippen LogP contribution in [0.1, 0.15) is 48.1 Å². The Kier molecular flexibility index (Phi) is 7.24. The van der Waals surface area contributed by atoms with Crippen molar-refractivity contribution in [2.75, 3.05) is 17.1 Å². The van der Waals surface area contributed by atoms with Crippen LogP contribution in [0.25, 0.3) is 0 Å². The summed E-state index contributed by atoms with van der Waals surface area (Å²) in [6, 6.07) is 13.4. The van der Waals surface area contributed by atoms with Gasteiger partial charge < -0.3 is 5.32 Å². The molecule has 28 heavy (non-hydrogen) atoms. The van der Waals surface area contributed by atoms with E-state index in [0.717, 1.165) is 11.1 Å². The molecule has 0 aromatic heterocycles. The third-order valence-electron chi connectivity index (χ3n) is 4.90. The predicted molar refractivity (Wildman–Crippen MR) is 115 cm³/mol. The van der Waals surface area contributed by atoms with Crippen LogP contribution >= 0.6 is 0 Å². The van der Waals surface area contributed by atoms with Gasteiger partial charge in [-0.05, 0) is 62.9 Å². The largest absolute Gasteiger partial charge is 0.350 e. The lowest BCUT2D eigenvalue weighted by molar-refractivity contribution is -0.121. The van der Waals surface area contributed by atoms with Crippen molar-refractivity contribution in [1.82, 2.24) is 5.32 Å². The summed E-state index contributed by atoms with van der Waals surface area (Å²) in [4.78, 5) is 12.3. The molecule has 2 aromatic carbocycles. The highest BCUT2D eigenvalue weighted by atomic mass is 32.2. The van der Waals surface area contributed by atoms with Gasteiger partial charge in [0.15, 0.2) is 0 Å². The monoisotopic (exact) mass is 402 g/mol. The molecule has 0 radical (unpaired) electrons. The van der Waals surface area contributed by atoms with Gasteiger partial charge in [-0.2, -0.15) is 0 Å². The van der Waals surface area contributed by atoms with Crippen LogP contribution in [0.3, 0.4) is 0 Å². The number of carbonyl (C=O) groups excluding carboxylic acids is 1. The SMILES string of the molecule is Cc1ccc(N(CCCC(=O)NC(C)c2ccc(C)c(C)c2)S(C)(=O)=O)cc1. The zero-order valence-corrected chi connectivity index (χ0v) is 18.1. The maximum Gasteiger partial charge on any atom is 0.232 e. The molecule has 1 atom stereocenters. The minimum Gasteiger partial charge on any atom is -0.350 e. The molecule has 2 aromatic rings. The molecule has 0 fully saturated rings. The fraction of sp³-hybridized carbons (Fsp3) is 0.409. The van der Waals surface area contributed by atoms with Crippen LogP contribution in [0.4, 0.5) is 5.69 Å². The molecule has 5 nitrogen and oxygen atoms in total. The van der Waals surface area contributed by atoms with Crippen molar-refractivity contribution in [3.63, 3.8) is 0 Å². The van der Waals surface area contributed by atoms with E-state index in [1.54, 1.807) is 12.1 Å². The van der Waals surface area contributed by atoms with E-state index in [4.69, 9.17) is 0 Å². The van der Waals surface area contributed by atoms with E-state index < -0.39 is 10.0 Å². The van der Waals surface area contributed by atoms with Gasteiger partial charge in [0.25, 0.3) is 0 Å². The van der Waals surface area contributed by atoms with Crippen LogP contribution in [0.15, 0.2) is 42.5 Å². The summed E-state index contributed by atoms with van der Waals surface area (Å²) in [7, 11) is -3.40. The molecule has 2 rings (SSSR count). The van der Waals surface area contributed by atoms with E-state index in [0.29, 0.717) is 12.1 Å². The quantitative estimate of drug-likeness (QED) is 0.725. The normalized spacial score (nSPS) is 12.5. The second-order valence-corrected chi connectivity index (χ2v) is 9.31. The summed E-state index contributed by atoms with van der Waals surface area (Å²) in [5.74, 6) is -0.0805. The van der Waals surface area contributed by atoms with Gasteiger partial charge in [-0.25, -0.2) is 8.42 Å². The van der Waals surface area contributed by atoms with E-state index in [2.05, 4.69) is 31.3 Å². The molecule has 1 N–H and O–H groups in total. The number of amides is 1. The van der Waals surface area contributed by atoms with Crippen LogP contribution in [-0.2, 0) is 14.8 Å². The second-order valence-electron chi connectivity index (χ2n) is 7.41. The van der Waals surface area contributed by atoms with Crippen molar-refractivity contribution in [2.45, 2.75) is 46.6 Å². The summed E-state index contributed by atoms with van der Waals surface area (Å²) < 4.78 is 25.6. The Labute approximate surface area is 168 Å². The van der Waals surface area contributed by atoms with Gasteiger partial charge in [0.05, 0.1) is 18.0 Å². The Hall–Kier alpha value is -2.34. The van der Waals surface area contributed by atoms with E-state index in [-0.39, 0.29) is 24.9 Å². The molecule has 152 valence electrons. The lowest BCUT2D eigenvalue weighted by atomic mass is 10.0. The zero-order valence-electron chi connectivity index (χ0n) is 17.3. The fourth-order valence-electron chi connectivity index (χ4n) is 3.01.